The maximum Gasteiger partial charge on any atom is 0.0335 e. The van der Waals surface area contributed by atoms with Crippen LogP contribution in [0.25, 0.3) is 0 Å². The molecule has 2 heterocycles. The van der Waals surface area contributed by atoms with Crippen LogP contribution in [0.15, 0.2) is 24.5 Å². The summed E-state index contributed by atoms with van der Waals surface area (Å²) in [6, 6.07) is 4.68. The van der Waals surface area contributed by atoms with Gasteiger partial charge in [0.2, 0.25) is 0 Å². The van der Waals surface area contributed by atoms with E-state index in [-0.39, 0.29) is 5.54 Å². The Labute approximate surface area is 117 Å². The fraction of sp³-hybridized carbons (Fsp3) is 0.688. The Balaban J connectivity index is 2.14. The average Bonchev–Trinajstić information content (AvgIpc) is 2.70. The molecule has 0 saturated carbocycles. The highest BCUT2D eigenvalue weighted by molar-refractivity contribution is 5.13. The van der Waals surface area contributed by atoms with Crippen LogP contribution in [0.4, 0.5) is 0 Å². The third kappa shape index (κ3) is 3.34. The molecule has 19 heavy (non-hydrogen) atoms. The third-order valence-corrected chi connectivity index (χ3v) is 4.70. The van der Waals surface area contributed by atoms with Gasteiger partial charge in [-0.2, -0.15) is 0 Å². The van der Waals surface area contributed by atoms with Crippen molar-refractivity contribution in [1.82, 2.24) is 15.2 Å². The molecule has 1 aromatic rings. The second-order valence-electron chi connectivity index (χ2n) is 5.70. The molecule has 106 valence electrons. The molecule has 2 rings (SSSR count). The summed E-state index contributed by atoms with van der Waals surface area (Å²) < 4.78 is 0. The fourth-order valence-electron chi connectivity index (χ4n) is 3.05. The summed E-state index contributed by atoms with van der Waals surface area (Å²) in [5.41, 5.74) is 1.61. The van der Waals surface area contributed by atoms with Crippen molar-refractivity contribution < 1.29 is 0 Å². The van der Waals surface area contributed by atoms with Gasteiger partial charge < -0.3 is 5.32 Å². The normalized spacial score (nSPS) is 21.8. The molecule has 0 aliphatic carbocycles. The second kappa shape index (κ2) is 6.49. The molecule has 1 unspecified atom stereocenters. The zero-order chi connectivity index (χ0) is 13.7. The first kappa shape index (κ1) is 14.5. The molecule has 1 fully saturated rings. The first-order valence-corrected chi connectivity index (χ1v) is 7.60. The predicted molar refractivity (Wildman–Crippen MR) is 80.2 cm³/mol. The van der Waals surface area contributed by atoms with E-state index in [2.05, 4.69) is 42.0 Å². The summed E-state index contributed by atoms with van der Waals surface area (Å²) in [4.78, 5) is 6.87. The molecule has 3 heteroatoms. The molecule has 0 amide bonds. The van der Waals surface area contributed by atoms with Crippen molar-refractivity contribution in [2.24, 2.45) is 0 Å². The van der Waals surface area contributed by atoms with Crippen molar-refractivity contribution in [3.8, 4) is 0 Å². The number of rotatable bonds is 4. The van der Waals surface area contributed by atoms with Crippen LogP contribution in [0, 0.1) is 0 Å². The molecule has 0 aromatic carbocycles. The van der Waals surface area contributed by atoms with Crippen molar-refractivity contribution in [1.29, 1.82) is 0 Å². The summed E-state index contributed by atoms with van der Waals surface area (Å²) in [5, 5.41) is 3.77. The van der Waals surface area contributed by atoms with Gasteiger partial charge in [0.25, 0.3) is 0 Å². The van der Waals surface area contributed by atoms with E-state index in [1.54, 1.807) is 0 Å². The quantitative estimate of drug-likeness (QED) is 0.903. The molecular formula is C16H27N3. The van der Waals surface area contributed by atoms with Crippen LogP contribution in [0.1, 0.15) is 51.6 Å². The molecule has 1 saturated heterocycles. The smallest absolute Gasteiger partial charge is 0.0335 e. The standard InChI is InChI=1S/C16H27N3/c1-4-16(5-2)13-19(11-7-10-18-16)14(3)15-8-6-9-17-12-15/h6,8-9,12,14,18H,4-5,7,10-11,13H2,1-3H3. The van der Waals surface area contributed by atoms with Crippen LogP contribution in [0.3, 0.4) is 0 Å². The minimum Gasteiger partial charge on any atom is -0.310 e. The lowest BCUT2D eigenvalue weighted by Gasteiger charge is -2.38. The van der Waals surface area contributed by atoms with Gasteiger partial charge >= 0.3 is 0 Å². The Kier molecular flexibility index (Phi) is 4.94. The fourth-order valence-corrected chi connectivity index (χ4v) is 3.05. The molecular weight excluding hydrogens is 234 g/mol. The Morgan fingerprint density at radius 1 is 1.42 bits per heavy atom. The highest BCUT2D eigenvalue weighted by atomic mass is 15.2. The summed E-state index contributed by atoms with van der Waals surface area (Å²) >= 11 is 0. The van der Waals surface area contributed by atoms with Crippen molar-refractivity contribution >= 4 is 0 Å². The van der Waals surface area contributed by atoms with E-state index in [4.69, 9.17) is 0 Å². The van der Waals surface area contributed by atoms with Crippen molar-refractivity contribution in [2.75, 3.05) is 19.6 Å². The number of hydrogen-bond donors (Lipinski definition) is 1. The molecule has 1 N–H and O–H groups in total. The van der Waals surface area contributed by atoms with E-state index in [9.17, 15) is 0 Å². The zero-order valence-corrected chi connectivity index (χ0v) is 12.5. The van der Waals surface area contributed by atoms with Crippen molar-refractivity contribution in [2.45, 2.75) is 51.6 Å². The molecule has 0 radical (unpaired) electrons. The molecule has 1 aromatic heterocycles. The molecule has 1 aliphatic heterocycles. The van der Waals surface area contributed by atoms with E-state index in [1.165, 1.54) is 31.4 Å². The summed E-state index contributed by atoms with van der Waals surface area (Å²) in [6.45, 7) is 10.3. The number of aromatic nitrogens is 1. The lowest BCUT2D eigenvalue weighted by atomic mass is 9.91. The van der Waals surface area contributed by atoms with Crippen LogP contribution in [-0.4, -0.2) is 35.1 Å². The largest absolute Gasteiger partial charge is 0.310 e. The first-order chi connectivity index (χ1) is 9.21. The van der Waals surface area contributed by atoms with E-state index in [0.29, 0.717) is 6.04 Å². The predicted octanol–water partition coefficient (Wildman–Crippen LogP) is 3.00. The highest BCUT2D eigenvalue weighted by Gasteiger charge is 2.32. The average molecular weight is 261 g/mol. The minimum atomic E-state index is 0.285. The van der Waals surface area contributed by atoms with E-state index in [1.807, 2.05) is 18.5 Å². The van der Waals surface area contributed by atoms with Crippen LogP contribution >= 0.6 is 0 Å². The van der Waals surface area contributed by atoms with Crippen LogP contribution in [-0.2, 0) is 0 Å². The molecule has 1 atom stereocenters. The van der Waals surface area contributed by atoms with Gasteiger partial charge in [0.05, 0.1) is 0 Å². The minimum absolute atomic E-state index is 0.285. The van der Waals surface area contributed by atoms with Gasteiger partial charge in [-0.25, -0.2) is 0 Å². The Hall–Kier alpha value is -0.930. The molecule has 0 bridgehead atoms. The van der Waals surface area contributed by atoms with Crippen LogP contribution in [0.2, 0.25) is 0 Å². The SMILES string of the molecule is CCC1(CC)CN(C(C)c2cccnc2)CCCN1. The van der Waals surface area contributed by atoms with E-state index in [0.717, 1.165) is 13.1 Å². The van der Waals surface area contributed by atoms with Crippen LogP contribution in [0.5, 0.6) is 0 Å². The topological polar surface area (TPSA) is 28.2 Å². The number of hydrogen-bond acceptors (Lipinski definition) is 3. The van der Waals surface area contributed by atoms with Gasteiger partial charge in [0, 0.05) is 37.1 Å². The summed E-state index contributed by atoms with van der Waals surface area (Å²) in [5.74, 6) is 0. The van der Waals surface area contributed by atoms with Crippen LogP contribution < -0.4 is 5.32 Å². The summed E-state index contributed by atoms with van der Waals surface area (Å²) in [6.07, 6.45) is 7.47. The third-order valence-electron chi connectivity index (χ3n) is 4.70. The number of nitrogens with one attached hydrogen (secondary N) is 1. The van der Waals surface area contributed by atoms with Gasteiger partial charge in [-0.05, 0) is 44.4 Å². The lowest BCUT2D eigenvalue weighted by Crippen LogP contribution is -2.51. The monoisotopic (exact) mass is 261 g/mol. The van der Waals surface area contributed by atoms with E-state index < -0.39 is 0 Å². The molecule has 3 nitrogen and oxygen atoms in total. The maximum absolute atomic E-state index is 4.26. The summed E-state index contributed by atoms with van der Waals surface area (Å²) in [7, 11) is 0. The van der Waals surface area contributed by atoms with Gasteiger partial charge in [-0.1, -0.05) is 19.9 Å². The van der Waals surface area contributed by atoms with Gasteiger partial charge in [-0.3, -0.25) is 9.88 Å². The van der Waals surface area contributed by atoms with Gasteiger partial charge in [-0.15, -0.1) is 0 Å². The maximum atomic E-state index is 4.26. The first-order valence-electron chi connectivity index (χ1n) is 7.60. The van der Waals surface area contributed by atoms with E-state index >= 15 is 0 Å². The number of pyridine rings is 1. The Morgan fingerprint density at radius 2 is 2.21 bits per heavy atom. The van der Waals surface area contributed by atoms with Gasteiger partial charge in [0.1, 0.15) is 0 Å². The molecule has 1 aliphatic rings. The molecule has 0 spiro atoms. The Morgan fingerprint density at radius 3 is 2.84 bits per heavy atom. The highest BCUT2D eigenvalue weighted by Crippen LogP contribution is 2.26. The Bertz CT molecular complexity index is 373. The van der Waals surface area contributed by atoms with Crippen molar-refractivity contribution in [3.63, 3.8) is 0 Å². The van der Waals surface area contributed by atoms with Gasteiger partial charge in [0.15, 0.2) is 0 Å². The zero-order valence-electron chi connectivity index (χ0n) is 12.5. The van der Waals surface area contributed by atoms with Crippen molar-refractivity contribution in [3.05, 3.63) is 30.1 Å². The lowest BCUT2D eigenvalue weighted by molar-refractivity contribution is 0.157. The second-order valence-corrected chi connectivity index (χ2v) is 5.70. The number of nitrogens with zero attached hydrogens (tertiary/aromatic N) is 2.